The summed E-state index contributed by atoms with van der Waals surface area (Å²) in [5, 5.41) is 5.53. The number of para-hydroxylation sites is 1. The molecule has 0 radical (unpaired) electrons. The number of nitrogens with zero attached hydrogens (tertiary/aromatic N) is 2. The number of piperazine rings is 1. The van der Waals surface area contributed by atoms with Gasteiger partial charge >= 0.3 is 0 Å². The van der Waals surface area contributed by atoms with Crippen LogP contribution in [-0.2, 0) is 14.4 Å². The third-order valence-corrected chi connectivity index (χ3v) is 6.86. The van der Waals surface area contributed by atoms with E-state index in [1.54, 1.807) is 0 Å². The molecule has 2 fully saturated rings. The fourth-order valence-corrected chi connectivity index (χ4v) is 4.69. The Kier molecular flexibility index (Phi) is 5.59. The fourth-order valence-electron chi connectivity index (χ4n) is 3.59. The number of fused-ring (bicyclic) bond motifs is 1. The van der Waals surface area contributed by atoms with Gasteiger partial charge in [-0.25, -0.2) is 0 Å². The molecule has 7 nitrogen and oxygen atoms in total. The first-order chi connectivity index (χ1) is 13.5. The van der Waals surface area contributed by atoms with Gasteiger partial charge in [-0.2, -0.15) is 0 Å². The normalized spacial score (nSPS) is 23.5. The van der Waals surface area contributed by atoms with Gasteiger partial charge in [0.1, 0.15) is 0 Å². The minimum atomic E-state index is -0.399. The number of anilines is 1. The predicted molar refractivity (Wildman–Crippen MR) is 108 cm³/mol. The molecule has 2 N–H and O–H groups in total. The highest BCUT2D eigenvalue weighted by Crippen LogP contribution is 2.36. The van der Waals surface area contributed by atoms with E-state index in [9.17, 15) is 14.4 Å². The van der Waals surface area contributed by atoms with E-state index < -0.39 is 5.25 Å². The predicted octanol–water partition coefficient (Wildman–Crippen LogP) is 1.30. The molecule has 0 spiro atoms. The topological polar surface area (TPSA) is 81.8 Å². The standard InChI is InChI=1S/C20H26N4O3S/c1-13(19(26)21-14-6-7-14)23-8-10-24(11-9-23)18(25)12-17-20(27)22-15-4-2-3-5-16(15)28-17/h2-5,13-14,17H,6-12H2,1H3,(H,21,26)(H,22,27). The van der Waals surface area contributed by atoms with Crippen LogP contribution in [-0.4, -0.2) is 71.0 Å². The van der Waals surface area contributed by atoms with E-state index in [0.717, 1.165) is 23.4 Å². The van der Waals surface area contributed by atoms with Crippen molar-refractivity contribution >= 4 is 35.2 Å². The lowest BCUT2D eigenvalue weighted by atomic mass is 10.2. The Morgan fingerprint density at radius 3 is 2.64 bits per heavy atom. The van der Waals surface area contributed by atoms with Crippen LogP contribution in [0.15, 0.2) is 29.2 Å². The molecule has 28 heavy (non-hydrogen) atoms. The number of amides is 3. The van der Waals surface area contributed by atoms with Gasteiger partial charge in [-0.1, -0.05) is 12.1 Å². The summed E-state index contributed by atoms with van der Waals surface area (Å²) in [6.45, 7) is 4.47. The van der Waals surface area contributed by atoms with Crippen molar-refractivity contribution in [2.75, 3.05) is 31.5 Å². The Bertz CT molecular complexity index is 774. The number of rotatable bonds is 5. The van der Waals surface area contributed by atoms with E-state index in [1.165, 1.54) is 11.8 Å². The fraction of sp³-hybridized carbons (Fsp3) is 0.550. The van der Waals surface area contributed by atoms with Crippen LogP contribution in [0.1, 0.15) is 26.2 Å². The van der Waals surface area contributed by atoms with Crippen molar-refractivity contribution in [1.29, 1.82) is 0 Å². The maximum atomic E-state index is 12.7. The number of carbonyl (C=O) groups excluding carboxylic acids is 3. The summed E-state index contributed by atoms with van der Waals surface area (Å²) in [7, 11) is 0. The molecule has 0 bridgehead atoms. The Balaban J connectivity index is 1.27. The molecule has 1 aliphatic carbocycles. The first-order valence-electron chi connectivity index (χ1n) is 9.90. The van der Waals surface area contributed by atoms with Crippen LogP contribution in [0.4, 0.5) is 5.69 Å². The first kappa shape index (κ1) is 19.3. The van der Waals surface area contributed by atoms with E-state index in [0.29, 0.717) is 32.2 Å². The van der Waals surface area contributed by atoms with Crippen LogP contribution >= 0.6 is 11.8 Å². The highest BCUT2D eigenvalue weighted by Gasteiger charge is 2.33. The molecular formula is C20H26N4O3S. The lowest BCUT2D eigenvalue weighted by Gasteiger charge is -2.38. The molecule has 2 heterocycles. The smallest absolute Gasteiger partial charge is 0.238 e. The molecule has 0 aromatic heterocycles. The molecule has 1 saturated carbocycles. The van der Waals surface area contributed by atoms with Gasteiger partial charge in [0.15, 0.2) is 0 Å². The molecule has 1 saturated heterocycles. The van der Waals surface area contributed by atoms with E-state index in [4.69, 9.17) is 0 Å². The lowest BCUT2D eigenvalue weighted by Crippen LogP contribution is -2.55. The Morgan fingerprint density at radius 2 is 1.93 bits per heavy atom. The largest absolute Gasteiger partial charge is 0.352 e. The number of benzene rings is 1. The molecular weight excluding hydrogens is 376 g/mol. The maximum absolute atomic E-state index is 12.7. The van der Waals surface area contributed by atoms with Crippen LogP contribution in [0, 0.1) is 0 Å². The van der Waals surface area contributed by atoms with Gasteiger partial charge in [-0.05, 0) is 31.9 Å². The summed E-state index contributed by atoms with van der Waals surface area (Å²) < 4.78 is 0. The zero-order valence-electron chi connectivity index (χ0n) is 16.0. The third-order valence-electron chi connectivity index (χ3n) is 5.58. The van der Waals surface area contributed by atoms with Crippen LogP contribution < -0.4 is 10.6 Å². The lowest BCUT2D eigenvalue weighted by molar-refractivity contribution is -0.135. The second kappa shape index (κ2) is 8.13. The monoisotopic (exact) mass is 402 g/mol. The number of thioether (sulfide) groups is 1. The maximum Gasteiger partial charge on any atom is 0.238 e. The van der Waals surface area contributed by atoms with Crippen LogP contribution in [0.5, 0.6) is 0 Å². The van der Waals surface area contributed by atoms with Gasteiger partial charge in [-0.15, -0.1) is 11.8 Å². The Morgan fingerprint density at radius 1 is 1.21 bits per heavy atom. The zero-order chi connectivity index (χ0) is 19.7. The molecule has 3 aliphatic rings. The number of hydrogen-bond acceptors (Lipinski definition) is 5. The molecule has 2 atom stereocenters. The minimum absolute atomic E-state index is 0.00164. The average Bonchev–Trinajstić information content (AvgIpc) is 3.52. The number of carbonyl (C=O) groups is 3. The van der Waals surface area contributed by atoms with Gasteiger partial charge in [0.05, 0.1) is 17.0 Å². The van der Waals surface area contributed by atoms with E-state index in [-0.39, 0.29) is 30.2 Å². The van der Waals surface area contributed by atoms with Crippen molar-refractivity contribution in [1.82, 2.24) is 15.1 Å². The summed E-state index contributed by atoms with van der Waals surface area (Å²) in [6.07, 6.45) is 2.36. The van der Waals surface area contributed by atoms with Crippen molar-refractivity contribution in [3.8, 4) is 0 Å². The average molecular weight is 403 g/mol. The van der Waals surface area contributed by atoms with Crippen molar-refractivity contribution in [3.63, 3.8) is 0 Å². The summed E-state index contributed by atoms with van der Waals surface area (Å²) in [4.78, 5) is 42.2. The molecule has 2 aliphatic heterocycles. The summed E-state index contributed by atoms with van der Waals surface area (Å²) >= 11 is 1.46. The summed E-state index contributed by atoms with van der Waals surface area (Å²) in [5.74, 6) is -0.0287. The van der Waals surface area contributed by atoms with E-state index >= 15 is 0 Å². The molecule has 2 unspecified atom stereocenters. The molecule has 1 aromatic carbocycles. The SMILES string of the molecule is CC(C(=O)NC1CC1)N1CCN(C(=O)CC2Sc3ccccc3NC2=O)CC1. The number of hydrogen-bond donors (Lipinski definition) is 2. The highest BCUT2D eigenvalue weighted by molar-refractivity contribution is 8.01. The minimum Gasteiger partial charge on any atom is -0.352 e. The summed E-state index contributed by atoms with van der Waals surface area (Å²) in [6, 6.07) is 7.84. The Labute approximate surface area is 169 Å². The highest BCUT2D eigenvalue weighted by atomic mass is 32.2. The molecule has 1 aromatic rings. The first-order valence-corrected chi connectivity index (χ1v) is 10.8. The summed E-state index contributed by atoms with van der Waals surface area (Å²) in [5.41, 5.74) is 0.813. The quantitative estimate of drug-likeness (QED) is 0.776. The molecule has 3 amide bonds. The molecule has 4 rings (SSSR count). The van der Waals surface area contributed by atoms with Crippen LogP contribution in [0.3, 0.4) is 0 Å². The molecule has 150 valence electrons. The van der Waals surface area contributed by atoms with Crippen molar-refractivity contribution in [2.45, 2.75) is 48.4 Å². The van der Waals surface area contributed by atoms with Crippen molar-refractivity contribution in [3.05, 3.63) is 24.3 Å². The number of nitrogens with one attached hydrogen (secondary N) is 2. The van der Waals surface area contributed by atoms with E-state index in [1.807, 2.05) is 36.1 Å². The zero-order valence-corrected chi connectivity index (χ0v) is 16.8. The van der Waals surface area contributed by atoms with Crippen LogP contribution in [0.2, 0.25) is 0 Å². The van der Waals surface area contributed by atoms with Gasteiger partial charge < -0.3 is 15.5 Å². The Hall–Kier alpha value is -2.06. The second-order valence-corrected chi connectivity index (χ2v) is 8.92. The van der Waals surface area contributed by atoms with Crippen LogP contribution in [0.25, 0.3) is 0 Å². The van der Waals surface area contributed by atoms with Gasteiger partial charge in [-0.3, -0.25) is 19.3 Å². The van der Waals surface area contributed by atoms with Crippen molar-refractivity contribution in [2.24, 2.45) is 0 Å². The van der Waals surface area contributed by atoms with Crippen molar-refractivity contribution < 1.29 is 14.4 Å². The van der Waals surface area contributed by atoms with E-state index in [2.05, 4.69) is 15.5 Å². The third kappa shape index (κ3) is 4.33. The van der Waals surface area contributed by atoms with Gasteiger partial charge in [0.2, 0.25) is 17.7 Å². The van der Waals surface area contributed by atoms with Gasteiger partial charge in [0.25, 0.3) is 0 Å². The second-order valence-electron chi connectivity index (χ2n) is 7.67. The molecule has 8 heteroatoms. The van der Waals surface area contributed by atoms with Gasteiger partial charge in [0, 0.05) is 43.5 Å².